The number of benzene rings is 4. The van der Waals surface area contributed by atoms with E-state index in [0.717, 1.165) is 38.3 Å². The van der Waals surface area contributed by atoms with Crippen LogP contribution in [0.5, 0.6) is 0 Å². The molecule has 0 fully saturated rings. The Bertz CT molecular complexity index is 1610. The molecule has 4 aromatic carbocycles. The molecule has 5 rings (SSSR count). The summed E-state index contributed by atoms with van der Waals surface area (Å²) in [5.74, 6) is -2.37. The number of primary amides is 1. The zero-order valence-electron chi connectivity index (χ0n) is 24.9. The average Bonchev–Trinajstić information content (AvgIpc) is 3.38. The molecule has 0 heterocycles. The van der Waals surface area contributed by atoms with Crippen LogP contribution < -0.4 is 11.1 Å². The zero-order chi connectivity index (χ0) is 31.8. The Morgan fingerprint density at radius 2 is 1.29 bits per heavy atom. The lowest BCUT2D eigenvalue weighted by molar-refractivity contribution is -0.148. The number of nitrogens with two attached hydrogens (primary N) is 1. The molecule has 0 saturated carbocycles. The fourth-order valence-corrected chi connectivity index (χ4v) is 5.52. The Hall–Kier alpha value is -5.44. The van der Waals surface area contributed by atoms with Crippen molar-refractivity contribution in [2.24, 2.45) is 5.73 Å². The van der Waals surface area contributed by atoms with Crippen LogP contribution in [-0.2, 0) is 36.9 Å². The van der Waals surface area contributed by atoms with Gasteiger partial charge in [-0.25, -0.2) is 4.79 Å². The highest BCUT2D eigenvalue weighted by molar-refractivity contribution is 5.93. The Morgan fingerprint density at radius 3 is 1.87 bits per heavy atom. The van der Waals surface area contributed by atoms with Crippen molar-refractivity contribution in [3.8, 4) is 11.1 Å². The first-order chi connectivity index (χ1) is 21.8. The predicted octanol–water partition coefficient (Wildman–Crippen LogP) is 4.58. The molecule has 4 aromatic rings. The minimum Gasteiger partial charge on any atom is -0.461 e. The molecule has 0 aromatic heterocycles. The number of likely N-dealkylation sites (N-methyl/N-ethyl adjacent to an activating group) is 1. The molecule has 0 spiro atoms. The van der Waals surface area contributed by atoms with Crippen molar-refractivity contribution < 1.29 is 28.7 Å². The molecular weight excluding hydrogens is 570 g/mol. The summed E-state index contributed by atoms with van der Waals surface area (Å²) in [6, 6.07) is 31.7. The Kier molecular flexibility index (Phi) is 9.89. The van der Waals surface area contributed by atoms with Gasteiger partial charge in [0, 0.05) is 19.4 Å². The SMILES string of the molecule is CN(C(=O)OCC1c2ccccc2-c2ccccc21)[C@@H](CC(=O)OCc1ccccc1)C(=O)N[C@@H](Cc1ccccc1)C(N)=O. The molecule has 0 bridgehead atoms. The van der Waals surface area contributed by atoms with E-state index in [1.807, 2.05) is 97.1 Å². The van der Waals surface area contributed by atoms with Crippen molar-refractivity contribution in [2.75, 3.05) is 13.7 Å². The second-order valence-electron chi connectivity index (χ2n) is 10.9. The highest BCUT2D eigenvalue weighted by Gasteiger charge is 2.35. The molecule has 1 aliphatic rings. The van der Waals surface area contributed by atoms with Crippen molar-refractivity contribution in [3.63, 3.8) is 0 Å². The molecule has 9 heteroatoms. The number of carbonyl (C=O) groups excluding carboxylic acids is 4. The summed E-state index contributed by atoms with van der Waals surface area (Å²) in [5.41, 5.74) is 11.4. The maximum atomic E-state index is 13.6. The third kappa shape index (κ3) is 7.56. The van der Waals surface area contributed by atoms with E-state index in [0.29, 0.717) is 0 Å². The number of amides is 3. The fourth-order valence-electron chi connectivity index (χ4n) is 5.52. The molecule has 3 N–H and O–H groups in total. The largest absolute Gasteiger partial charge is 0.461 e. The molecule has 1 aliphatic carbocycles. The van der Waals surface area contributed by atoms with Gasteiger partial charge in [-0.15, -0.1) is 0 Å². The molecule has 9 nitrogen and oxygen atoms in total. The van der Waals surface area contributed by atoms with Crippen LogP contribution >= 0.6 is 0 Å². The molecule has 0 aliphatic heterocycles. The maximum absolute atomic E-state index is 13.6. The number of rotatable bonds is 12. The molecule has 0 unspecified atom stereocenters. The summed E-state index contributed by atoms with van der Waals surface area (Å²) in [7, 11) is 1.38. The van der Waals surface area contributed by atoms with E-state index in [1.54, 1.807) is 12.1 Å². The van der Waals surface area contributed by atoms with Gasteiger partial charge in [0.15, 0.2) is 0 Å². The predicted molar refractivity (Wildman–Crippen MR) is 169 cm³/mol. The van der Waals surface area contributed by atoms with Gasteiger partial charge in [0.25, 0.3) is 0 Å². The van der Waals surface area contributed by atoms with Crippen molar-refractivity contribution in [3.05, 3.63) is 131 Å². The lowest BCUT2D eigenvalue weighted by Crippen LogP contribution is -2.54. The van der Waals surface area contributed by atoms with E-state index >= 15 is 0 Å². The number of esters is 1. The minimum atomic E-state index is -1.33. The van der Waals surface area contributed by atoms with Crippen LogP contribution in [-0.4, -0.2) is 54.5 Å². The normalized spacial score (nSPS) is 13.1. The highest BCUT2D eigenvalue weighted by atomic mass is 16.6. The van der Waals surface area contributed by atoms with E-state index in [9.17, 15) is 19.2 Å². The minimum absolute atomic E-state index is 0.000584. The summed E-state index contributed by atoms with van der Waals surface area (Å²) >= 11 is 0. The van der Waals surface area contributed by atoms with Gasteiger partial charge >= 0.3 is 12.1 Å². The quantitative estimate of drug-likeness (QED) is 0.228. The van der Waals surface area contributed by atoms with Crippen molar-refractivity contribution >= 4 is 23.9 Å². The van der Waals surface area contributed by atoms with Gasteiger partial charge in [-0.05, 0) is 33.4 Å². The first-order valence-corrected chi connectivity index (χ1v) is 14.7. The molecule has 0 radical (unpaired) electrons. The molecule has 2 atom stereocenters. The Labute approximate surface area is 261 Å². The third-order valence-electron chi connectivity index (χ3n) is 7.94. The number of fused-ring (bicyclic) bond motifs is 3. The molecule has 3 amide bonds. The summed E-state index contributed by atoms with van der Waals surface area (Å²) in [6.45, 7) is 0.0303. The smallest absolute Gasteiger partial charge is 0.410 e. The van der Waals surface area contributed by atoms with E-state index in [4.69, 9.17) is 15.2 Å². The summed E-state index contributed by atoms with van der Waals surface area (Å²) < 4.78 is 11.2. The third-order valence-corrected chi connectivity index (χ3v) is 7.94. The number of hydrogen-bond donors (Lipinski definition) is 2. The van der Waals surface area contributed by atoms with Crippen LogP contribution in [0.25, 0.3) is 11.1 Å². The van der Waals surface area contributed by atoms with E-state index < -0.39 is 42.4 Å². The molecule has 230 valence electrons. The maximum Gasteiger partial charge on any atom is 0.410 e. The van der Waals surface area contributed by atoms with E-state index in [1.165, 1.54) is 7.05 Å². The number of hydrogen-bond acceptors (Lipinski definition) is 6. The Balaban J connectivity index is 1.30. The summed E-state index contributed by atoms with van der Waals surface area (Å²) in [6.07, 6.45) is -1.12. The van der Waals surface area contributed by atoms with Gasteiger partial charge in [0.2, 0.25) is 11.8 Å². The van der Waals surface area contributed by atoms with Gasteiger partial charge in [-0.2, -0.15) is 0 Å². The van der Waals surface area contributed by atoms with Gasteiger partial charge in [-0.3, -0.25) is 19.3 Å². The number of nitrogens with zero attached hydrogens (tertiary/aromatic N) is 1. The van der Waals surface area contributed by atoms with Gasteiger partial charge < -0.3 is 20.5 Å². The zero-order valence-corrected chi connectivity index (χ0v) is 24.9. The van der Waals surface area contributed by atoms with E-state index in [2.05, 4.69) is 5.32 Å². The second kappa shape index (κ2) is 14.4. The first-order valence-electron chi connectivity index (χ1n) is 14.7. The topological polar surface area (TPSA) is 128 Å². The van der Waals surface area contributed by atoms with Gasteiger partial charge in [0.05, 0.1) is 6.42 Å². The van der Waals surface area contributed by atoms with Crippen LogP contribution in [0.3, 0.4) is 0 Å². The second-order valence-corrected chi connectivity index (χ2v) is 10.9. The number of ether oxygens (including phenoxy) is 2. The van der Waals surface area contributed by atoms with Crippen molar-refractivity contribution in [1.82, 2.24) is 10.2 Å². The molecular formula is C36H35N3O6. The average molecular weight is 606 g/mol. The molecule has 45 heavy (non-hydrogen) atoms. The van der Waals surface area contributed by atoms with Crippen LogP contribution in [0.2, 0.25) is 0 Å². The van der Waals surface area contributed by atoms with Crippen LogP contribution in [0, 0.1) is 0 Å². The molecule has 0 saturated heterocycles. The van der Waals surface area contributed by atoms with Gasteiger partial charge in [0.1, 0.15) is 25.3 Å². The number of nitrogens with one attached hydrogen (secondary N) is 1. The summed E-state index contributed by atoms with van der Waals surface area (Å²) in [5, 5.41) is 2.63. The monoisotopic (exact) mass is 605 g/mol. The number of carbonyl (C=O) groups is 4. The lowest BCUT2D eigenvalue weighted by atomic mass is 9.98. The van der Waals surface area contributed by atoms with Crippen molar-refractivity contribution in [2.45, 2.75) is 37.5 Å². The summed E-state index contributed by atoms with van der Waals surface area (Å²) in [4.78, 5) is 53.3. The van der Waals surface area contributed by atoms with Crippen LogP contribution in [0.1, 0.15) is 34.6 Å². The van der Waals surface area contributed by atoms with Crippen LogP contribution in [0.15, 0.2) is 109 Å². The fraction of sp³-hybridized carbons (Fsp3) is 0.222. The van der Waals surface area contributed by atoms with Gasteiger partial charge in [-0.1, -0.05) is 109 Å². The van der Waals surface area contributed by atoms with E-state index in [-0.39, 0.29) is 25.6 Å². The first kappa shape index (κ1) is 31.0. The Morgan fingerprint density at radius 1 is 0.756 bits per heavy atom. The van der Waals surface area contributed by atoms with Crippen LogP contribution in [0.4, 0.5) is 4.79 Å². The standard InChI is InChI=1S/C36H35N3O6/c1-39(36(43)45-23-30-28-18-10-8-16-26(28)27-17-9-11-19-29(27)30)32(21-33(40)44-22-25-14-6-3-7-15-25)35(42)38-31(34(37)41)20-24-12-4-2-5-13-24/h2-19,30-32H,20-23H2,1H3,(H2,37,41)(H,38,42)/t31-,32-/m0/s1. The highest BCUT2D eigenvalue weighted by Crippen LogP contribution is 2.44. The lowest BCUT2D eigenvalue weighted by Gasteiger charge is -2.28. The van der Waals surface area contributed by atoms with Crippen molar-refractivity contribution in [1.29, 1.82) is 0 Å².